The molecule has 1 aromatic rings. The number of hydrogen-bond acceptors (Lipinski definition) is 5. The van der Waals surface area contributed by atoms with Crippen molar-refractivity contribution in [3.63, 3.8) is 0 Å². The summed E-state index contributed by atoms with van der Waals surface area (Å²) >= 11 is 0. The lowest BCUT2D eigenvalue weighted by molar-refractivity contribution is -0.146. The van der Waals surface area contributed by atoms with Gasteiger partial charge in [0.25, 0.3) is 5.82 Å². The summed E-state index contributed by atoms with van der Waals surface area (Å²) in [5, 5.41) is 6.15. The quantitative estimate of drug-likeness (QED) is 0.895. The van der Waals surface area contributed by atoms with Gasteiger partial charge in [0.2, 0.25) is 5.89 Å². The van der Waals surface area contributed by atoms with Gasteiger partial charge in [0.1, 0.15) is 0 Å². The molecule has 0 spiro atoms. The molecule has 102 valence electrons. The van der Waals surface area contributed by atoms with Crippen LogP contribution in [0, 0.1) is 0 Å². The van der Waals surface area contributed by atoms with Gasteiger partial charge in [-0.1, -0.05) is 12.1 Å². The van der Waals surface area contributed by atoms with Gasteiger partial charge in [-0.05, 0) is 13.0 Å². The van der Waals surface area contributed by atoms with Gasteiger partial charge in [-0.3, -0.25) is 0 Å². The second-order valence-electron chi connectivity index (χ2n) is 4.16. The Hall–Kier alpha value is -1.15. The number of ether oxygens (including phenoxy) is 1. The molecule has 8 heteroatoms. The molecule has 18 heavy (non-hydrogen) atoms. The van der Waals surface area contributed by atoms with Gasteiger partial charge >= 0.3 is 6.18 Å². The number of hydrogen-bond donors (Lipinski definition) is 1. The third-order valence-corrected chi connectivity index (χ3v) is 2.75. The summed E-state index contributed by atoms with van der Waals surface area (Å²) in [7, 11) is 0. The Bertz CT molecular complexity index is 394. The molecule has 2 atom stereocenters. The number of nitrogens with one attached hydrogen (secondary N) is 1. The van der Waals surface area contributed by atoms with E-state index in [1.165, 1.54) is 0 Å². The monoisotopic (exact) mass is 265 g/mol. The molecule has 1 aliphatic heterocycles. The molecule has 2 unspecified atom stereocenters. The summed E-state index contributed by atoms with van der Waals surface area (Å²) in [6.07, 6.45) is -3.64. The lowest BCUT2D eigenvalue weighted by Gasteiger charge is -2.14. The molecule has 0 aliphatic carbocycles. The van der Waals surface area contributed by atoms with Crippen LogP contribution in [0.15, 0.2) is 4.52 Å². The third kappa shape index (κ3) is 2.81. The minimum absolute atomic E-state index is 0.0200. The van der Waals surface area contributed by atoms with E-state index < -0.39 is 12.0 Å². The average Bonchev–Trinajstić information content (AvgIpc) is 2.93. The first-order chi connectivity index (χ1) is 8.52. The number of alkyl halides is 3. The van der Waals surface area contributed by atoms with Crippen molar-refractivity contribution in [2.75, 3.05) is 19.8 Å². The van der Waals surface area contributed by atoms with E-state index in [2.05, 4.69) is 20.0 Å². The summed E-state index contributed by atoms with van der Waals surface area (Å²) in [5.74, 6) is -1.58. The Kier molecular flexibility index (Phi) is 3.86. The minimum atomic E-state index is -4.58. The van der Waals surface area contributed by atoms with Gasteiger partial charge in [0.05, 0.1) is 19.1 Å². The molecule has 5 nitrogen and oxygen atoms in total. The van der Waals surface area contributed by atoms with Gasteiger partial charge in [-0.25, -0.2) is 0 Å². The van der Waals surface area contributed by atoms with Crippen molar-refractivity contribution in [1.29, 1.82) is 0 Å². The van der Waals surface area contributed by atoms with Crippen LogP contribution in [-0.4, -0.2) is 35.9 Å². The molecule has 0 bridgehead atoms. The SMILES string of the molecule is CCCNC1COCC1c1nc(C(F)(F)F)no1. The van der Waals surface area contributed by atoms with Crippen molar-refractivity contribution in [2.45, 2.75) is 31.5 Å². The first-order valence-electron chi connectivity index (χ1n) is 5.74. The highest BCUT2D eigenvalue weighted by Gasteiger charge is 2.40. The Morgan fingerprint density at radius 3 is 2.78 bits per heavy atom. The maximum atomic E-state index is 12.4. The van der Waals surface area contributed by atoms with Crippen molar-refractivity contribution < 1.29 is 22.4 Å². The molecule has 1 aromatic heterocycles. The lowest BCUT2D eigenvalue weighted by atomic mass is 10.0. The first kappa shape index (κ1) is 13.3. The predicted molar refractivity (Wildman–Crippen MR) is 54.9 cm³/mol. The van der Waals surface area contributed by atoms with E-state index in [-0.39, 0.29) is 17.9 Å². The fourth-order valence-corrected chi connectivity index (χ4v) is 1.83. The number of rotatable bonds is 4. The van der Waals surface area contributed by atoms with Gasteiger partial charge in [-0.15, -0.1) is 0 Å². The summed E-state index contributed by atoms with van der Waals surface area (Å²) in [6.45, 7) is 3.51. The Morgan fingerprint density at radius 1 is 1.39 bits per heavy atom. The van der Waals surface area contributed by atoms with Gasteiger partial charge < -0.3 is 14.6 Å². The van der Waals surface area contributed by atoms with E-state index in [1.54, 1.807) is 0 Å². The Labute approximate surface area is 102 Å². The zero-order chi connectivity index (χ0) is 13.2. The number of halogens is 3. The molecule has 2 heterocycles. The molecule has 2 rings (SSSR count). The van der Waals surface area contributed by atoms with Gasteiger partial charge in [0, 0.05) is 6.04 Å². The van der Waals surface area contributed by atoms with Gasteiger partial charge in [-0.2, -0.15) is 18.2 Å². The van der Waals surface area contributed by atoms with Crippen molar-refractivity contribution in [3.05, 3.63) is 11.7 Å². The smallest absolute Gasteiger partial charge is 0.379 e. The minimum Gasteiger partial charge on any atom is -0.379 e. The second kappa shape index (κ2) is 5.23. The zero-order valence-electron chi connectivity index (χ0n) is 9.83. The molecular weight excluding hydrogens is 251 g/mol. The van der Waals surface area contributed by atoms with Crippen LogP contribution in [0.2, 0.25) is 0 Å². The summed E-state index contributed by atoms with van der Waals surface area (Å²) in [4.78, 5) is 3.40. The van der Waals surface area contributed by atoms with Crippen LogP contribution in [0.5, 0.6) is 0 Å². The lowest BCUT2D eigenvalue weighted by Crippen LogP contribution is -2.35. The second-order valence-corrected chi connectivity index (χ2v) is 4.16. The predicted octanol–water partition coefficient (Wildman–Crippen LogP) is 1.57. The summed E-state index contributed by atoms with van der Waals surface area (Å²) in [6, 6.07) is -0.0773. The van der Waals surface area contributed by atoms with Gasteiger partial charge in [0.15, 0.2) is 0 Å². The molecule has 0 amide bonds. The molecule has 0 radical (unpaired) electrons. The fourth-order valence-electron chi connectivity index (χ4n) is 1.83. The first-order valence-corrected chi connectivity index (χ1v) is 5.74. The molecule has 1 aliphatic rings. The molecular formula is C10H14F3N3O2. The maximum Gasteiger partial charge on any atom is 0.455 e. The standard InChI is InChI=1S/C10H14F3N3O2/c1-2-3-14-7-5-17-4-6(7)8-15-9(16-18-8)10(11,12)13/h6-7,14H,2-5H2,1H3. The van der Waals surface area contributed by atoms with E-state index in [1.807, 2.05) is 6.92 Å². The highest BCUT2D eigenvalue weighted by molar-refractivity contribution is 5.03. The van der Waals surface area contributed by atoms with Crippen molar-refractivity contribution in [1.82, 2.24) is 15.5 Å². The summed E-state index contributed by atoms with van der Waals surface area (Å²) in [5.41, 5.74) is 0. The molecule has 1 N–H and O–H groups in total. The average molecular weight is 265 g/mol. The van der Waals surface area contributed by atoms with Crippen LogP contribution in [0.25, 0.3) is 0 Å². The van der Waals surface area contributed by atoms with Crippen molar-refractivity contribution >= 4 is 0 Å². The van der Waals surface area contributed by atoms with E-state index in [0.717, 1.165) is 13.0 Å². The number of aromatic nitrogens is 2. The topological polar surface area (TPSA) is 60.2 Å². The van der Waals surface area contributed by atoms with Crippen LogP contribution in [0.4, 0.5) is 13.2 Å². The van der Waals surface area contributed by atoms with Crippen LogP contribution in [0.1, 0.15) is 31.0 Å². The van der Waals surface area contributed by atoms with Crippen LogP contribution in [-0.2, 0) is 10.9 Å². The van der Waals surface area contributed by atoms with E-state index in [9.17, 15) is 13.2 Å². The fraction of sp³-hybridized carbons (Fsp3) is 0.800. The van der Waals surface area contributed by atoms with Crippen molar-refractivity contribution in [3.8, 4) is 0 Å². The maximum absolute atomic E-state index is 12.4. The third-order valence-electron chi connectivity index (χ3n) is 2.75. The molecule has 1 fully saturated rings. The van der Waals surface area contributed by atoms with Crippen LogP contribution >= 0.6 is 0 Å². The van der Waals surface area contributed by atoms with E-state index in [0.29, 0.717) is 13.2 Å². The highest BCUT2D eigenvalue weighted by Crippen LogP contribution is 2.30. The highest BCUT2D eigenvalue weighted by atomic mass is 19.4. The molecule has 0 aromatic carbocycles. The van der Waals surface area contributed by atoms with Crippen LogP contribution in [0.3, 0.4) is 0 Å². The number of nitrogens with zero attached hydrogens (tertiary/aromatic N) is 2. The molecule has 1 saturated heterocycles. The largest absolute Gasteiger partial charge is 0.455 e. The zero-order valence-corrected chi connectivity index (χ0v) is 9.83. The van der Waals surface area contributed by atoms with E-state index >= 15 is 0 Å². The van der Waals surface area contributed by atoms with Crippen molar-refractivity contribution in [2.24, 2.45) is 0 Å². The Balaban J connectivity index is 2.08. The van der Waals surface area contributed by atoms with Crippen LogP contribution < -0.4 is 5.32 Å². The Morgan fingerprint density at radius 2 is 2.17 bits per heavy atom. The normalized spacial score (nSPS) is 24.7. The summed E-state index contributed by atoms with van der Waals surface area (Å²) < 4.78 is 47.0. The van der Waals surface area contributed by atoms with E-state index in [4.69, 9.17) is 4.74 Å². The molecule has 0 saturated carbocycles.